The van der Waals surface area contributed by atoms with E-state index in [0.717, 1.165) is 18.3 Å². The molecule has 1 fully saturated rings. The van der Waals surface area contributed by atoms with Crippen molar-refractivity contribution in [3.63, 3.8) is 0 Å². The summed E-state index contributed by atoms with van der Waals surface area (Å²) in [5.74, 6) is 1.95. The van der Waals surface area contributed by atoms with Gasteiger partial charge >= 0.3 is 0 Å². The van der Waals surface area contributed by atoms with Crippen molar-refractivity contribution in [2.24, 2.45) is 16.6 Å². The van der Waals surface area contributed by atoms with Crippen LogP contribution in [-0.4, -0.2) is 17.5 Å². The number of pyridine rings is 1. The molecule has 1 heterocycles. The third-order valence-electron chi connectivity index (χ3n) is 2.67. The molecule has 1 aliphatic carbocycles. The Morgan fingerprint density at radius 2 is 2.40 bits per heavy atom. The van der Waals surface area contributed by atoms with Gasteiger partial charge in [0.15, 0.2) is 5.96 Å². The zero-order valence-electron chi connectivity index (χ0n) is 8.69. The van der Waals surface area contributed by atoms with Crippen molar-refractivity contribution in [2.75, 3.05) is 11.9 Å². The number of nitrogens with two attached hydrogens (primary N) is 1. The monoisotopic (exact) mass is 204 g/mol. The highest BCUT2D eigenvalue weighted by molar-refractivity contribution is 5.91. The van der Waals surface area contributed by atoms with E-state index in [1.165, 1.54) is 19.3 Å². The van der Waals surface area contributed by atoms with Crippen molar-refractivity contribution in [2.45, 2.75) is 19.3 Å². The molecule has 15 heavy (non-hydrogen) atoms. The topological polar surface area (TPSA) is 63.3 Å². The van der Waals surface area contributed by atoms with Crippen LogP contribution >= 0.6 is 0 Å². The SMILES string of the molecule is NC(=NCC1CCC1)Nc1ccccn1. The standard InChI is InChI=1S/C11H16N4/c12-11(14-8-9-4-3-5-9)15-10-6-1-2-7-13-10/h1-2,6-7,9H,3-5,8H2,(H3,12,13,14,15). The number of hydrogen-bond acceptors (Lipinski definition) is 2. The van der Waals surface area contributed by atoms with Crippen LogP contribution < -0.4 is 11.1 Å². The molecule has 0 bridgehead atoms. The van der Waals surface area contributed by atoms with Crippen LogP contribution in [0.2, 0.25) is 0 Å². The summed E-state index contributed by atoms with van der Waals surface area (Å²) in [4.78, 5) is 8.39. The van der Waals surface area contributed by atoms with E-state index in [1.807, 2.05) is 18.2 Å². The third-order valence-corrected chi connectivity index (χ3v) is 2.67. The second-order valence-electron chi connectivity index (χ2n) is 3.86. The van der Waals surface area contributed by atoms with Crippen LogP contribution in [0.25, 0.3) is 0 Å². The Labute approximate surface area is 89.6 Å². The van der Waals surface area contributed by atoms with E-state index in [-0.39, 0.29) is 0 Å². The number of guanidine groups is 1. The predicted molar refractivity (Wildman–Crippen MR) is 61.7 cm³/mol. The van der Waals surface area contributed by atoms with Gasteiger partial charge in [-0.25, -0.2) is 4.98 Å². The predicted octanol–water partition coefficient (Wildman–Crippen LogP) is 1.61. The van der Waals surface area contributed by atoms with Gasteiger partial charge in [0.05, 0.1) is 0 Å². The molecule has 0 amide bonds. The van der Waals surface area contributed by atoms with Gasteiger partial charge in [-0.1, -0.05) is 12.5 Å². The first-order chi connectivity index (χ1) is 7.34. The Morgan fingerprint density at radius 3 is 3.00 bits per heavy atom. The molecule has 1 aromatic rings. The quantitative estimate of drug-likeness (QED) is 0.580. The molecule has 80 valence electrons. The van der Waals surface area contributed by atoms with Crippen LogP contribution in [0, 0.1) is 5.92 Å². The number of anilines is 1. The van der Waals surface area contributed by atoms with E-state index in [2.05, 4.69) is 15.3 Å². The molecule has 1 aromatic heterocycles. The lowest BCUT2D eigenvalue weighted by Crippen LogP contribution is -2.25. The lowest BCUT2D eigenvalue weighted by molar-refractivity contribution is 0.326. The average Bonchev–Trinajstić information content (AvgIpc) is 2.17. The molecular formula is C11H16N4. The van der Waals surface area contributed by atoms with Crippen molar-refractivity contribution in [3.05, 3.63) is 24.4 Å². The van der Waals surface area contributed by atoms with Gasteiger partial charge in [-0.2, -0.15) is 0 Å². The molecule has 1 aliphatic rings. The molecule has 0 aromatic carbocycles. The first-order valence-electron chi connectivity index (χ1n) is 5.32. The maximum absolute atomic E-state index is 5.73. The summed E-state index contributed by atoms with van der Waals surface area (Å²) >= 11 is 0. The van der Waals surface area contributed by atoms with E-state index in [4.69, 9.17) is 5.73 Å². The number of nitrogens with zero attached hydrogens (tertiary/aromatic N) is 2. The molecule has 4 heteroatoms. The van der Waals surface area contributed by atoms with E-state index in [0.29, 0.717) is 5.96 Å². The van der Waals surface area contributed by atoms with Crippen molar-refractivity contribution in [1.29, 1.82) is 0 Å². The minimum absolute atomic E-state index is 0.459. The summed E-state index contributed by atoms with van der Waals surface area (Å²) in [6.07, 6.45) is 5.65. The molecule has 0 aliphatic heterocycles. The Bertz CT molecular complexity index is 330. The van der Waals surface area contributed by atoms with Crippen molar-refractivity contribution in [1.82, 2.24) is 4.98 Å². The summed E-state index contributed by atoms with van der Waals surface area (Å²) in [6.45, 7) is 0.839. The fourth-order valence-corrected chi connectivity index (χ4v) is 1.51. The minimum Gasteiger partial charge on any atom is -0.370 e. The van der Waals surface area contributed by atoms with Gasteiger partial charge in [-0.05, 0) is 30.9 Å². The molecule has 0 atom stereocenters. The molecule has 0 unspecified atom stereocenters. The van der Waals surface area contributed by atoms with Crippen molar-refractivity contribution >= 4 is 11.8 Å². The van der Waals surface area contributed by atoms with E-state index in [9.17, 15) is 0 Å². The second kappa shape index (κ2) is 4.77. The van der Waals surface area contributed by atoms with E-state index in [1.54, 1.807) is 6.20 Å². The second-order valence-corrected chi connectivity index (χ2v) is 3.86. The van der Waals surface area contributed by atoms with Gasteiger partial charge in [0.1, 0.15) is 5.82 Å². The van der Waals surface area contributed by atoms with Crippen molar-refractivity contribution in [3.8, 4) is 0 Å². The van der Waals surface area contributed by atoms with Crippen LogP contribution in [0.15, 0.2) is 29.4 Å². The number of nitrogens with one attached hydrogen (secondary N) is 1. The smallest absolute Gasteiger partial charge is 0.194 e. The lowest BCUT2D eigenvalue weighted by Gasteiger charge is -2.23. The Hall–Kier alpha value is -1.58. The number of aliphatic imine (C=N–C) groups is 1. The first-order valence-corrected chi connectivity index (χ1v) is 5.32. The molecular weight excluding hydrogens is 188 g/mol. The minimum atomic E-state index is 0.459. The Balaban J connectivity index is 1.82. The van der Waals surface area contributed by atoms with E-state index < -0.39 is 0 Å². The molecule has 3 N–H and O–H groups in total. The van der Waals surface area contributed by atoms with Crippen LogP contribution in [0.3, 0.4) is 0 Å². The number of aromatic nitrogens is 1. The molecule has 0 saturated heterocycles. The normalized spacial score (nSPS) is 17.2. The molecule has 2 rings (SSSR count). The fraction of sp³-hybridized carbons (Fsp3) is 0.455. The zero-order chi connectivity index (χ0) is 10.5. The molecule has 0 radical (unpaired) electrons. The number of rotatable bonds is 3. The Kier molecular flexibility index (Phi) is 3.17. The maximum atomic E-state index is 5.73. The van der Waals surface area contributed by atoms with Gasteiger partial charge in [-0.15, -0.1) is 0 Å². The first kappa shape index (κ1) is 9.96. The van der Waals surface area contributed by atoms with Gasteiger partial charge < -0.3 is 11.1 Å². The summed E-state index contributed by atoms with van der Waals surface area (Å²) in [7, 11) is 0. The van der Waals surface area contributed by atoms with Crippen LogP contribution in [0.5, 0.6) is 0 Å². The molecule has 0 spiro atoms. The summed E-state index contributed by atoms with van der Waals surface area (Å²) in [5.41, 5.74) is 5.73. The largest absolute Gasteiger partial charge is 0.370 e. The highest BCUT2D eigenvalue weighted by Crippen LogP contribution is 2.26. The van der Waals surface area contributed by atoms with Gasteiger partial charge in [0.2, 0.25) is 0 Å². The van der Waals surface area contributed by atoms with Crippen LogP contribution in [0.1, 0.15) is 19.3 Å². The van der Waals surface area contributed by atoms with Crippen LogP contribution in [0.4, 0.5) is 5.82 Å². The summed E-state index contributed by atoms with van der Waals surface area (Å²) < 4.78 is 0. The molecule has 1 saturated carbocycles. The van der Waals surface area contributed by atoms with Gasteiger partial charge in [0.25, 0.3) is 0 Å². The van der Waals surface area contributed by atoms with Gasteiger partial charge in [0, 0.05) is 12.7 Å². The van der Waals surface area contributed by atoms with Crippen molar-refractivity contribution < 1.29 is 0 Å². The maximum Gasteiger partial charge on any atom is 0.194 e. The average molecular weight is 204 g/mol. The summed E-state index contributed by atoms with van der Waals surface area (Å²) in [5, 5.41) is 2.96. The van der Waals surface area contributed by atoms with Crippen LogP contribution in [-0.2, 0) is 0 Å². The lowest BCUT2D eigenvalue weighted by atomic mass is 9.86. The molecule has 4 nitrogen and oxygen atoms in total. The fourth-order valence-electron chi connectivity index (χ4n) is 1.51. The highest BCUT2D eigenvalue weighted by atomic mass is 15.1. The third kappa shape index (κ3) is 2.94. The number of hydrogen-bond donors (Lipinski definition) is 2. The van der Waals surface area contributed by atoms with Gasteiger partial charge in [-0.3, -0.25) is 4.99 Å². The van der Waals surface area contributed by atoms with E-state index >= 15 is 0 Å². The summed E-state index contributed by atoms with van der Waals surface area (Å²) in [6, 6.07) is 5.65. The highest BCUT2D eigenvalue weighted by Gasteiger charge is 2.16. The Morgan fingerprint density at radius 1 is 1.53 bits per heavy atom. The zero-order valence-corrected chi connectivity index (χ0v) is 8.69.